The highest BCUT2D eigenvalue weighted by molar-refractivity contribution is 5.94. The SMILES string of the molecule is C=C(c1ccc(F)c(-c2ncnc3cc(N4CCOCC4)ccc23)c1)c1c(F)cncc1F. The van der Waals surface area contributed by atoms with E-state index < -0.39 is 17.5 Å². The van der Waals surface area contributed by atoms with Gasteiger partial charge in [0.15, 0.2) is 11.6 Å². The van der Waals surface area contributed by atoms with Gasteiger partial charge < -0.3 is 9.64 Å². The maximum atomic E-state index is 14.9. The fourth-order valence-electron chi connectivity index (χ4n) is 4.02. The monoisotopic (exact) mass is 448 g/mol. The van der Waals surface area contributed by atoms with Gasteiger partial charge in [0.1, 0.15) is 12.1 Å². The Labute approximate surface area is 188 Å². The average molecular weight is 448 g/mol. The molecular weight excluding hydrogens is 429 g/mol. The molecule has 33 heavy (non-hydrogen) atoms. The minimum absolute atomic E-state index is 0.0848. The Morgan fingerprint density at radius 3 is 2.42 bits per heavy atom. The molecular formula is C25H19F3N4O. The molecule has 1 fully saturated rings. The Kier molecular flexibility index (Phi) is 5.51. The maximum Gasteiger partial charge on any atom is 0.152 e. The van der Waals surface area contributed by atoms with Crippen molar-refractivity contribution in [3.8, 4) is 11.3 Å². The first-order chi connectivity index (χ1) is 16.0. The molecule has 0 radical (unpaired) electrons. The predicted octanol–water partition coefficient (Wildman–Crippen LogP) is 5.01. The van der Waals surface area contributed by atoms with Gasteiger partial charge in [-0.25, -0.2) is 23.1 Å². The summed E-state index contributed by atoms with van der Waals surface area (Å²) in [4.78, 5) is 14.4. The van der Waals surface area contributed by atoms with Crippen molar-refractivity contribution in [2.24, 2.45) is 0 Å². The fraction of sp³-hybridized carbons (Fsp3) is 0.160. The Balaban J connectivity index is 1.58. The van der Waals surface area contributed by atoms with Crippen LogP contribution in [-0.4, -0.2) is 41.3 Å². The van der Waals surface area contributed by atoms with E-state index in [1.807, 2.05) is 18.2 Å². The Bertz CT molecular complexity index is 1350. The molecule has 0 saturated carbocycles. The van der Waals surface area contributed by atoms with Gasteiger partial charge in [0.2, 0.25) is 0 Å². The van der Waals surface area contributed by atoms with Crippen molar-refractivity contribution in [1.82, 2.24) is 15.0 Å². The lowest BCUT2D eigenvalue weighted by Crippen LogP contribution is -2.36. The summed E-state index contributed by atoms with van der Waals surface area (Å²) in [6.07, 6.45) is 3.21. The van der Waals surface area contributed by atoms with Crippen LogP contribution in [0.3, 0.4) is 0 Å². The summed E-state index contributed by atoms with van der Waals surface area (Å²) in [6, 6.07) is 9.91. The first-order valence-electron chi connectivity index (χ1n) is 10.4. The Hall–Kier alpha value is -3.78. The summed E-state index contributed by atoms with van der Waals surface area (Å²) >= 11 is 0. The van der Waals surface area contributed by atoms with Crippen LogP contribution in [0.4, 0.5) is 18.9 Å². The quantitative estimate of drug-likeness (QED) is 0.440. The molecule has 0 unspecified atom stereocenters. The van der Waals surface area contributed by atoms with Crippen LogP contribution in [0.25, 0.3) is 27.7 Å². The lowest BCUT2D eigenvalue weighted by molar-refractivity contribution is 0.122. The summed E-state index contributed by atoms with van der Waals surface area (Å²) in [5.74, 6) is -2.19. The molecule has 0 atom stereocenters. The van der Waals surface area contributed by atoms with E-state index in [1.54, 1.807) is 0 Å². The second kappa shape index (κ2) is 8.63. The van der Waals surface area contributed by atoms with E-state index in [-0.39, 0.29) is 16.7 Å². The zero-order chi connectivity index (χ0) is 22.9. The number of hydrogen-bond donors (Lipinski definition) is 0. The van der Waals surface area contributed by atoms with Crippen LogP contribution in [0.1, 0.15) is 11.1 Å². The molecule has 8 heteroatoms. The van der Waals surface area contributed by atoms with Gasteiger partial charge in [-0.15, -0.1) is 0 Å². The first kappa shape index (κ1) is 21.1. The number of ether oxygens (including phenoxy) is 1. The molecule has 2 aromatic carbocycles. The van der Waals surface area contributed by atoms with E-state index in [4.69, 9.17) is 4.74 Å². The predicted molar refractivity (Wildman–Crippen MR) is 120 cm³/mol. The third-order valence-electron chi connectivity index (χ3n) is 5.72. The van der Waals surface area contributed by atoms with Crippen molar-refractivity contribution in [1.29, 1.82) is 0 Å². The summed E-state index contributed by atoms with van der Waals surface area (Å²) < 4.78 is 48.8. The molecule has 1 saturated heterocycles. The number of rotatable bonds is 4. The van der Waals surface area contributed by atoms with Crippen LogP contribution in [0.2, 0.25) is 0 Å². The summed E-state index contributed by atoms with van der Waals surface area (Å²) in [6.45, 7) is 6.71. The molecule has 0 spiro atoms. The van der Waals surface area contributed by atoms with Crippen LogP contribution in [-0.2, 0) is 4.74 Å². The van der Waals surface area contributed by atoms with Crippen LogP contribution in [0, 0.1) is 17.5 Å². The molecule has 4 aromatic rings. The molecule has 3 heterocycles. The number of benzene rings is 2. The zero-order valence-electron chi connectivity index (χ0n) is 17.6. The highest BCUT2D eigenvalue weighted by Gasteiger charge is 2.18. The lowest BCUT2D eigenvalue weighted by atomic mass is 9.96. The van der Waals surface area contributed by atoms with Gasteiger partial charge in [0, 0.05) is 29.7 Å². The number of hydrogen-bond acceptors (Lipinski definition) is 5. The summed E-state index contributed by atoms with van der Waals surface area (Å²) in [5.41, 5.74) is 2.39. The second-order valence-corrected chi connectivity index (χ2v) is 7.67. The maximum absolute atomic E-state index is 14.9. The van der Waals surface area contributed by atoms with Gasteiger partial charge in [0.05, 0.1) is 42.4 Å². The summed E-state index contributed by atoms with van der Waals surface area (Å²) in [7, 11) is 0. The Morgan fingerprint density at radius 1 is 0.909 bits per heavy atom. The number of aromatic nitrogens is 3. The number of anilines is 1. The van der Waals surface area contributed by atoms with E-state index in [0.717, 1.165) is 31.2 Å². The molecule has 1 aliphatic rings. The third kappa shape index (κ3) is 3.93. The minimum Gasteiger partial charge on any atom is -0.378 e. The zero-order valence-corrected chi connectivity index (χ0v) is 17.6. The van der Waals surface area contributed by atoms with Crippen molar-refractivity contribution < 1.29 is 17.9 Å². The van der Waals surface area contributed by atoms with Crippen LogP contribution in [0.5, 0.6) is 0 Å². The van der Waals surface area contributed by atoms with E-state index in [1.165, 1.54) is 24.5 Å². The largest absolute Gasteiger partial charge is 0.378 e. The summed E-state index contributed by atoms with van der Waals surface area (Å²) in [5, 5.41) is 0.664. The molecule has 0 amide bonds. The van der Waals surface area contributed by atoms with Gasteiger partial charge in [-0.05, 0) is 41.5 Å². The van der Waals surface area contributed by atoms with Crippen molar-refractivity contribution in [2.45, 2.75) is 0 Å². The number of pyridine rings is 1. The van der Waals surface area contributed by atoms with E-state index >= 15 is 0 Å². The molecule has 166 valence electrons. The van der Waals surface area contributed by atoms with Crippen molar-refractivity contribution in [3.63, 3.8) is 0 Å². The number of halogens is 3. The molecule has 0 bridgehead atoms. The molecule has 1 aliphatic heterocycles. The number of morpholine rings is 1. The van der Waals surface area contributed by atoms with Gasteiger partial charge in [-0.2, -0.15) is 0 Å². The van der Waals surface area contributed by atoms with E-state index in [9.17, 15) is 13.2 Å². The molecule has 2 aromatic heterocycles. The highest BCUT2D eigenvalue weighted by atomic mass is 19.1. The normalized spacial score (nSPS) is 14.0. The second-order valence-electron chi connectivity index (χ2n) is 7.67. The van der Waals surface area contributed by atoms with Crippen LogP contribution < -0.4 is 4.90 Å². The first-order valence-corrected chi connectivity index (χ1v) is 10.4. The number of nitrogens with zero attached hydrogens (tertiary/aromatic N) is 4. The van der Waals surface area contributed by atoms with Gasteiger partial charge in [-0.1, -0.05) is 12.6 Å². The highest BCUT2D eigenvalue weighted by Crippen LogP contribution is 2.34. The average Bonchev–Trinajstić information content (AvgIpc) is 2.84. The minimum atomic E-state index is -0.839. The molecule has 0 N–H and O–H groups in total. The number of fused-ring (bicyclic) bond motifs is 1. The fourth-order valence-corrected chi connectivity index (χ4v) is 4.02. The van der Waals surface area contributed by atoms with Crippen LogP contribution in [0.15, 0.2) is 61.7 Å². The van der Waals surface area contributed by atoms with Gasteiger partial charge in [-0.3, -0.25) is 4.98 Å². The Morgan fingerprint density at radius 2 is 1.67 bits per heavy atom. The van der Waals surface area contributed by atoms with Crippen molar-refractivity contribution in [2.75, 3.05) is 31.2 Å². The standard InChI is InChI=1S/C25H19F3N4O/c1-15(24-21(27)12-29-13-22(24)28)16-2-5-20(26)19(10-16)25-18-4-3-17(11-23(18)30-14-31-25)32-6-8-33-9-7-32/h2-5,10-14H,1,6-9H2. The molecule has 5 nitrogen and oxygen atoms in total. The van der Waals surface area contributed by atoms with E-state index in [2.05, 4.69) is 26.4 Å². The van der Waals surface area contributed by atoms with Crippen molar-refractivity contribution >= 4 is 22.2 Å². The lowest BCUT2D eigenvalue weighted by Gasteiger charge is -2.29. The molecule has 5 rings (SSSR count). The van der Waals surface area contributed by atoms with Crippen LogP contribution >= 0.6 is 0 Å². The molecule has 0 aliphatic carbocycles. The topological polar surface area (TPSA) is 51.1 Å². The third-order valence-corrected chi connectivity index (χ3v) is 5.72. The van der Waals surface area contributed by atoms with E-state index in [0.29, 0.717) is 35.4 Å². The van der Waals surface area contributed by atoms with Gasteiger partial charge in [0.25, 0.3) is 0 Å². The van der Waals surface area contributed by atoms with Crippen molar-refractivity contribution in [3.05, 3.63) is 90.3 Å². The van der Waals surface area contributed by atoms with Gasteiger partial charge >= 0.3 is 0 Å². The smallest absolute Gasteiger partial charge is 0.152 e.